The molecule has 0 fully saturated rings. The molecule has 0 saturated carbocycles. The molecule has 1 aliphatic heterocycles. The van der Waals surface area contributed by atoms with Crippen molar-refractivity contribution in [3.8, 4) is 0 Å². The number of benzene rings is 2. The van der Waals surface area contributed by atoms with Crippen molar-refractivity contribution >= 4 is 35.1 Å². The quantitative estimate of drug-likeness (QED) is 0.628. The zero-order chi connectivity index (χ0) is 15.5. The lowest BCUT2D eigenvalue weighted by molar-refractivity contribution is -0.114. The van der Waals surface area contributed by atoms with Crippen LogP contribution < -0.4 is 5.01 Å². The van der Waals surface area contributed by atoms with Crippen LogP contribution >= 0.6 is 11.8 Å². The Morgan fingerprint density at radius 1 is 1.05 bits per heavy atom. The number of para-hydroxylation sites is 1. The maximum Gasteiger partial charge on any atom is 0.280 e. The molecule has 0 unspecified atom stereocenters. The van der Waals surface area contributed by atoms with Gasteiger partial charge in [0.1, 0.15) is 0 Å². The highest BCUT2D eigenvalue weighted by molar-refractivity contribution is 7.98. The maximum absolute atomic E-state index is 12.6. The number of hydrogen-bond donors (Lipinski definition) is 0. The fourth-order valence-electron chi connectivity index (χ4n) is 2.30. The molecule has 0 bridgehead atoms. The first kappa shape index (κ1) is 14.6. The first-order valence-corrected chi connectivity index (χ1v) is 8.22. The molecule has 4 heteroatoms. The van der Waals surface area contributed by atoms with Gasteiger partial charge in [-0.1, -0.05) is 30.3 Å². The first-order chi connectivity index (χ1) is 10.7. The maximum atomic E-state index is 12.6. The van der Waals surface area contributed by atoms with Crippen LogP contribution in [0.4, 0.5) is 5.69 Å². The van der Waals surface area contributed by atoms with Crippen molar-refractivity contribution in [1.29, 1.82) is 0 Å². The van der Waals surface area contributed by atoms with E-state index in [4.69, 9.17) is 0 Å². The Morgan fingerprint density at radius 2 is 1.73 bits per heavy atom. The van der Waals surface area contributed by atoms with Gasteiger partial charge in [0.15, 0.2) is 0 Å². The average molecular weight is 308 g/mol. The summed E-state index contributed by atoms with van der Waals surface area (Å²) in [4.78, 5) is 13.8. The van der Waals surface area contributed by atoms with E-state index in [0.717, 1.165) is 17.0 Å². The summed E-state index contributed by atoms with van der Waals surface area (Å²) in [6, 6.07) is 17.6. The lowest BCUT2D eigenvalue weighted by atomic mass is 10.1. The highest BCUT2D eigenvalue weighted by Crippen LogP contribution is 2.25. The topological polar surface area (TPSA) is 32.7 Å². The van der Waals surface area contributed by atoms with Crippen LogP contribution in [0.2, 0.25) is 0 Å². The van der Waals surface area contributed by atoms with Crippen molar-refractivity contribution in [2.45, 2.75) is 11.8 Å². The predicted molar refractivity (Wildman–Crippen MR) is 93.2 cm³/mol. The average Bonchev–Trinajstić information content (AvgIpc) is 2.84. The van der Waals surface area contributed by atoms with Crippen LogP contribution in [-0.4, -0.2) is 17.9 Å². The Morgan fingerprint density at radius 3 is 2.36 bits per heavy atom. The molecule has 1 aliphatic rings. The number of anilines is 1. The molecule has 0 aliphatic carbocycles. The zero-order valence-corrected chi connectivity index (χ0v) is 13.3. The van der Waals surface area contributed by atoms with Gasteiger partial charge in [-0.25, -0.2) is 0 Å². The molecule has 2 aromatic carbocycles. The monoisotopic (exact) mass is 308 g/mol. The van der Waals surface area contributed by atoms with Gasteiger partial charge in [0.05, 0.1) is 17.0 Å². The largest absolute Gasteiger partial charge is 0.280 e. The third-order valence-electron chi connectivity index (χ3n) is 3.49. The van der Waals surface area contributed by atoms with E-state index in [1.807, 2.05) is 61.7 Å². The molecule has 0 saturated heterocycles. The van der Waals surface area contributed by atoms with Gasteiger partial charge in [-0.15, -0.1) is 11.8 Å². The van der Waals surface area contributed by atoms with Gasteiger partial charge in [-0.3, -0.25) is 4.79 Å². The van der Waals surface area contributed by atoms with Crippen molar-refractivity contribution < 1.29 is 4.79 Å². The Kier molecular flexibility index (Phi) is 4.11. The van der Waals surface area contributed by atoms with Gasteiger partial charge in [0.25, 0.3) is 5.91 Å². The van der Waals surface area contributed by atoms with Gasteiger partial charge < -0.3 is 0 Å². The van der Waals surface area contributed by atoms with Crippen LogP contribution in [0.25, 0.3) is 6.08 Å². The molecule has 0 spiro atoms. The molecule has 2 aromatic rings. The number of rotatable bonds is 3. The van der Waals surface area contributed by atoms with Gasteiger partial charge in [-0.05, 0) is 49.1 Å². The smallest absolute Gasteiger partial charge is 0.267 e. The van der Waals surface area contributed by atoms with E-state index in [9.17, 15) is 4.79 Å². The summed E-state index contributed by atoms with van der Waals surface area (Å²) in [5, 5.41) is 5.83. The van der Waals surface area contributed by atoms with Gasteiger partial charge in [0.2, 0.25) is 0 Å². The minimum Gasteiger partial charge on any atom is -0.267 e. The molecule has 1 amide bonds. The Hall–Kier alpha value is -2.33. The second-order valence-corrected chi connectivity index (χ2v) is 5.85. The molecule has 3 rings (SSSR count). The van der Waals surface area contributed by atoms with E-state index in [-0.39, 0.29) is 5.91 Å². The summed E-state index contributed by atoms with van der Waals surface area (Å²) in [5.74, 6) is -0.0855. The standard InChI is InChI=1S/C18H16N2OS/c1-13-17(12-14-8-10-16(22-2)11-9-14)18(21)20(19-13)15-6-4-3-5-7-15/h3-12H,1-2H3/b17-12+. The number of carbonyl (C=O) groups excluding carboxylic acids is 1. The van der Waals surface area contributed by atoms with Crippen molar-refractivity contribution in [3.63, 3.8) is 0 Å². The molecular formula is C18H16N2OS. The van der Waals surface area contributed by atoms with Crippen LogP contribution in [0.1, 0.15) is 12.5 Å². The van der Waals surface area contributed by atoms with E-state index in [1.54, 1.807) is 11.8 Å². The van der Waals surface area contributed by atoms with Crippen LogP contribution in [0.5, 0.6) is 0 Å². The molecular weight excluding hydrogens is 292 g/mol. The third-order valence-corrected chi connectivity index (χ3v) is 4.23. The molecule has 22 heavy (non-hydrogen) atoms. The summed E-state index contributed by atoms with van der Waals surface area (Å²) in [5.41, 5.74) is 3.17. The fourth-order valence-corrected chi connectivity index (χ4v) is 2.70. The highest BCUT2D eigenvalue weighted by Gasteiger charge is 2.28. The number of hydrogen-bond acceptors (Lipinski definition) is 3. The predicted octanol–water partition coefficient (Wildman–Crippen LogP) is 4.21. The van der Waals surface area contributed by atoms with E-state index >= 15 is 0 Å². The third kappa shape index (κ3) is 2.83. The number of amides is 1. The molecule has 1 heterocycles. The normalized spacial score (nSPS) is 16.3. The Balaban J connectivity index is 1.90. The fraction of sp³-hybridized carbons (Fsp3) is 0.111. The minimum absolute atomic E-state index is 0.0855. The van der Waals surface area contributed by atoms with Gasteiger partial charge in [-0.2, -0.15) is 10.1 Å². The first-order valence-electron chi connectivity index (χ1n) is 7.00. The van der Waals surface area contributed by atoms with Crippen LogP contribution in [0, 0.1) is 0 Å². The van der Waals surface area contributed by atoms with E-state index < -0.39 is 0 Å². The van der Waals surface area contributed by atoms with Crippen molar-refractivity contribution in [3.05, 3.63) is 65.7 Å². The second kappa shape index (κ2) is 6.20. The lowest BCUT2D eigenvalue weighted by Gasteiger charge is -2.11. The number of hydrazone groups is 1. The van der Waals surface area contributed by atoms with Gasteiger partial charge in [0, 0.05) is 4.90 Å². The molecule has 0 aromatic heterocycles. The molecule has 0 N–H and O–H groups in total. The lowest BCUT2D eigenvalue weighted by Crippen LogP contribution is -2.21. The zero-order valence-electron chi connectivity index (χ0n) is 12.5. The summed E-state index contributed by atoms with van der Waals surface area (Å²) in [6.07, 6.45) is 3.94. The van der Waals surface area contributed by atoms with E-state index in [1.165, 1.54) is 9.90 Å². The summed E-state index contributed by atoms with van der Waals surface area (Å²) < 4.78 is 0. The molecule has 3 nitrogen and oxygen atoms in total. The van der Waals surface area contributed by atoms with E-state index in [0.29, 0.717) is 5.57 Å². The summed E-state index contributed by atoms with van der Waals surface area (Å²) >= 11 is 1.70. The Labute approximate surface area is 134 Å². The summed E-state index contributed by atoms with van der Waals surface area (Å²) in [6.45, 7) is 1.86. The minimum atomic E-state index is -0.0855. The highest BCUT2D eigenvalue weighted by atomic mass is 32.2. The number of thioether (sulfide) groups is 1. The summed E-state index contributed by atoms with van der Waals surface area (Å²) in [7, 11) is 0. The molecule has 0 atom stereocenters. The van der Waals surface area contributed by atoms with Gasteiger partial charge >= 0.3 is 0 Å². The van der Waals surface area contributed by atoms with Crippen LogP contribution in [0.15, 0.2) is 70.2 Å². The van der Waals surface area contributed by atoms with Crippen LogP contribution in [0.3, 0.4) is 0 Å². The number of carbonyl (C=O) groups is 1. The van der Waals surface area contributed by atoms with Crippen molar-refractivity contribution in [2.75, 3.05) is 11.3 Å². The SMILES string of the molecule is CSc1ccc(/C=C2/C(=O)N(c3ccccc3)N=C2C)cc1. The molecule has 110 valence electrons. The van der Waals surface area contributed by atoms with Crippen molar-refractivity contribution in [2.24, 2.45) is 5.10 Å². The van der Waals surface area contributed by atoms with Crippen molar-refractivity contribution in [1.82, 2.24) is 0 Å². The van der Waals surface area contributed by atoms with Crippen LogP contribution in [-0.2, 0) is 4.79 Å². The van der Waals surface area contributed by atoms with E-state index in [2.05, 4.69) is 17.2 Å². The second-order valence-electron chi connectivity index (χ2n) is 4.97. The Bertz CT molecular complexity index is 748. The molecule has 0 radical (unpaired) electrons. The number of nitrogens with zero attached hydrogens (tertiary/aromatic N) is 2.